The molecule has 10 aromatic carbocycles. The van der Waals surface area contributed by atoms with E-state index in [1.807, 2.05) is 0 Å². The van der Waals surface area contributed by atoms with E-state index in [1.165, 1.54) is 65.6 Å². The molecule has 1 aromatic heterocycles. The molecule has 2 heteroatoms. The molecule has 0 saturated heterocycles. The molecule has 0 atom stereocenters. The normalized spacial score (nSPS) is 11.4. The van der Waals surface area contributed by atoms with Gasteiger partial charge in [0.05, 0.1) is 16.7 Å². The second-order valence-electron chi connectivity index (χ2n) is 14.9. The summed E-state index contributed by atoms with van der Waals surface area (Å²) in [5.74, 6) is 0. The Morgan fingerprint density at radius 3 is 1.55 bits per heavy atom. The van der Waals surface area contributed by atoms with Gasteiger partial charge in [0.15, 0.2) is 0 Å². The van der Waals surface area contributed by atoms with Gasteiger partial charge >= 0.3 is 0 Å². The number of para-hydroxylation sites is 2. The number of benzene rings is 10. The van der Waals surface area contributed by atoms with Crippen molar-refractivity contribution in [2.24, 2.45) is 0 Å². The molecule has 11 rings (SSSR count). The third-order valence-electron chi connectivity index (χ3n) is 11.6. The van der Waals surface area contributed by atoms with Crippen LogP contribution in [-0.4, -0.2) is 4.57 Å². The first-order chi connectivity index (χ1) is 28.8. The summed E-state index contributed by atoms with van der Waals surface area (Å²) in [6.45, 7) is 0. The number of anilines is 3. The molecule has 0 N–H and O–H groups in total. The largest absolute Gasteiger partial charge is 0.310 e. The molecule has 0 saturated carbocycles. The number of fused-ring (bicyclic) bond motifs is 6. The van der Waals surface area contributed by atoms with E-state index in [9.17, 15) is 0 Å². The van der Waals surface area contributed by atoms with Crippen LogP contribution in [0.1, 0.15) is 0 Å². The Hall–Kier alpha value is -7.68. The highest BCUT2D eigenvalue weighted by Gasteiger charge is 2.21. The van der Waals surface area contributed by atoms with Crippen molar-refractivity contribution in [3.8, 4) is 39.1 Å². The molecule has 0 aliphatic rings. The van der Waals surface area contributed by atoms with Gasteiger partial charge in [-0.2, -0.15) is 0 Å². The standard InChI is InChI=1S/C56H38N2/c1-3-16-39(17-4-1)40-30-33-44(34-31-40)57(45-21-15-22-46(38-45)58-54-28-13-11-26-51(54)52-27-12-14-29-55(52)58)56-37-43(32-35-48(56)41-18-5-2-6-19-41)53-36-42-20-7-8-23-47(42)49-24-9-10-25-50(49)53/h1-38H. The van der Waals surface area contributed by atoms with E-state index in [4.69, 9.17) is 0 Å². The Labute approximate surface area is 338 Å². The van der Waals surface area contributed by atoms with Crippen molar-refractivity contribution >= 4 is 60.4 Å². The summed E-state index contributed by atoms with van der Waals surface area (Å²) >= 11 is 0. The van der Waals surface area contributed by atoms with Crippen molar-refractivity contribution in [2.75, 3.05) is 4.90 Å². The van der Waals surface area contributed by atoms with Crippen molar-refractivity contribution in [3.63, 3.8) is 0 Å². The molecule has 0 unspecified atom stereocenters. The summed E-state index contributed by atoms with van der Waals surface area (Å²) in [6.07, 6.45) is 0. The maximum Gasteiger partial charge on any atom is 0.0546 e. The maximum absolute atomic E-state index is 2.45. The third kappa shape index (κ3) is 5.74. The van der Waals surface area contributed by atoms with Crippen LogP contribution in [0.2, 0.25) is 0 Å². The van der Waals surface area contributed by atoms with Gasteiger partial charge in [-0.15, -0.1) is 0 Å². The minimum absolute atomic E-state index is 1.07. The van der Waals surface area contributed by atoms with E-state index < -0.39 is 0 Å². The zero-order valence-electron chi connectivity index (χ0n) is 31.8. The lowest BCUT2D eigenvalue weighted by Crippen LogP contribution is -2.12. The van der Waals surface area contributed by atoms with Crippen LogP contribution in [0, 0.1) is 0 Å². The van der Waals surface area contributed by atoms with E-state index >= 15 is 0 Å². The van der Waals surface area contributed by atoms with E-state index in [2.05, 4.69) is 240 Å². The highest BCUT2D eigenvalue weighted by molar-refractivity contribution is 6.14. The van der Waals surface area contributed by atoms with Crippen molar-refractivity contribution in [3.05, 3.63) is 231 Å². The number of hydrogen-bond donors (Lipinski definition) is 0. The van der Waals surface area contributed by atoms with Crippen LogP contribution in [-0.2, 0) is 0 Å². The fourth-order valence-electron chi connectivity index (χ4n) is 8.87. The van der Waals surface area contributed by atoms with E-state index in [-0.39, 0.29) is 0 Å². The Kier molecular flexibility index (Phi) is 8.19. The quantitative estimate of drug-likeness (QED) is 0.148. The first-order valence-electron chi connectivity index (χ1n) is 19.9. The van der Waals surface area contributed by atoms with Crippen LogP contribution in [0.4, 0.5) is 17.1 Å². The number of rotatable bonds is 7. The summed E-state index contributed by atoms with van der Waals surface area (Å²) in [4.78, 5) is 2.45. The average Bonchev–Trinajstić information content (AvgIpc) is 3.64. The van der Waals surface area contributed by atoms with Crippen LogP contribution in [0.25, 0.3) is 82.4 Å². The van der Waals surface area contributed by atoms with Crippen LogP contribution in [0.5, 0.6) is 0 Å². The van der Waals surface area contributed by atoms with Gasteiger partial charge in [0.25, 0.3) is 0 Å². The molecule has 0 fully saturated rings. The zero-order chi connectivity index (χ0) is 38.4. The summed E-state index contributed by atoms with van der Waals surface area (Å²) < 4.78 is 2.40. The van der Waals surface area contributed by atoms with Crippen LogP contribution in [0.15, 0.2) is 231 Å². The maximum atomic E-state index is 2.45. The molecular weight excluding hydrogens is 701 g/mol. The predicted molar refractivity (Wildman–Crippen MR) is 247 cm³/mol. The molecule has 2 nitrogen and oxygen atoms in total. The van der Waals surface area contributed by atoms with Gasteiger partial charge in [0.1, 0.15) is 0 Å². The summed E-state index contributed by atoms with van der Waals surface area (Å²) in [6, 6.07) is 83.8. The Morgan fingerprint density at radius 1 is 0.293 bits per heavy atom. The molecule has 1 heterocycles. The van der Waals surface area contributed by atoms with E-state index in [1.54, 1.807) is 0 Å². The summed E-state index contributed by atoms with van der Waals surface area (Å²) in [5, 5.41) is 7.50. The lowest BCUT2D eigenvalue weighted by molar-refractivity contribution is 1.17. The Balaban J connectivity index is 1.17. The van der Waals surface area contributed by atoms with Crippen molar-refractivity contribution < 1.29 is 0 Å². The van der Waals surface area contributed by atoms with Gasteiger partial charge in [-0.1, -0.05) is 176 Å². The van der Waals surface area contributed by atoms with Crippen molar-refractivity contribution in [1.29, 1.82) is 0 Å². The van der Waals surface area contributed by atoms with Crippen LogP contribution in [0.3, 0.4) is 0 Å². The molecule has 0 bridgehead atoms. The van der Waals surface area contributed by atoms with Gasteiger partial charge in [-0.3, -0.25) is 0 Å². The lowest BCUT2D eigenvalue weighted by atomic mass is 9.91. The lowest BCUT2D eigenvalue weighted by Gasteiger charge is -2.29. The number of aromatic nitrogens is 1. The molecule has 11 aromatic rings. The van der Waals surface area contributed by atoms with Gasteiger partial charge in [-0.05, 0) is 104 Å². The highest BCUT2D eigenvalue weighted by atomic mass is 15.1. The molecule has 0 aliphatic carbocycles. The zero-order valence-corrected chi connectivity index (χ0v) is 31.8. The van der Waals surface area contributed by atoms with Crippen LogP contribution < -0.4 is 4.90 Å². The van der Waals surface area contributed by atoms with Crippen molar-refractivity contribution in [2.45, 2.75) is 0 Å². The van der Waals surface area contributed by atoms with Gasteiger partial charge < -0.3 is 9.47 Å². The second kappa shape index (κ2) is 14.1. The fourth-order valence-corrected chi connectivity index (χ4v) is 8.87. The van der Waals surface area contributed by atoms with Crippen molar-refractivity contribution in [1.82, 2.24) is 4.57 Å². The third-order valence-corrected chi connectivity index (χ3v) is 11.6. The smallest absolute Gasteiger partial charge is 0.0546 e. The van der Waals surface area contributed by atoms with E-state index in [0.717, 1.165) is 33.9 Å². The van der Waals surface area contributed by atoms with Gasteiger partial charge in [-0.25, -0.2) is 0 Å². The minimum Gasteiger partial charge on any atom is -0.310 e. The topological polar surface area (TPSA) is 8.17 Å². The van der Waals surface area contributed by atoms with E-state index in [0.29, 0.717) is 0 Å². The first kappa shape index (κ1) is 33.6. The number of hydrogen-bond acceptors (Lipinski definition) is 1. The Bertz CT molecular complexity index is 3220. The Morgan fingerprint density at radius 2 is 0.845 bits per heavy atom. The highest BCUT2D eigenvalue weighted by Crippen LogP contribution is 2.45. The second-order valence-corrected chi connectivity index (χ2v) is 14.9. The molecule has 58 heavy (non-hydrogen) atoms. The summed E-state index contributed by atoms with van der Waals surface area (Å²) in [7, 11) is 0. The SMILES string of the molecule is c1ccc(-c2ccc(N(c3cccc(-n4c5ccccc5c5ccccc54)c3)c3cc(-c4cc5ccccc5c5ccccc45)ccc3-c3ccccc3)cc2)cc1. The molecule has 0 amide bonds. The molecule has 0 aliphatic heterocycles. The minimum atomic E-state index is 1.07. The summed E-state index contributed by atoms with van der Waals surface area (Å²) in [5.41, 5.74) is 13.8. The fraction of sp³-hybridized carbons (Fsp3) is 0. The van der Waals surface area contributed by atoms with Crippen LogP contribution >= 0.6 is 0 Å². The molecule has 0 spiro atoms. The predicted octanol–water partition coefficient (Wildman–Crippen LogP) is 15.6. The number of nitrogens with zero attached hydrogens (tertiary/aromatic N) is 2. The molecular formula is C56H38N2. The van der Waals surface area contributed by atoms with Gasteiger partial charge in [0, 0.05) is 33.4 Å². The first-order valence-corrected chi connectivity index (χ1v) is 19.9. The average molecular weight is 739 g/mol. The molecule has 0 radical (unpaired) electrons. The molecule has 272 valence electrons. The monoisotopic (exact) mass is 738 g/mol. The van der Waals surface area contributed by atoms with Gasteiger partial charge in [0.2, 0.25) is 0 Å².